The normalized spacial score (nSPS) is 22.8. The lowest BCUT2D eigenvalue weighted by molar-refractivity contribution is -0.115. The average Bonchev–Trinajstić information content (AvgIpc) is 3.39. The third-order valence-corrected chi connectivity index (χ3v) is 11.5. The van der Waals surface area contributed by atoms with Gasteiger partial charge in [0.15, 0.2) is 0 Å². The zero-order chi connectivity index (χ0) is 21.6. The minimum absolute atomic E-state index is 0.131. The van der Waals surface area contributed by atoms with E-state index in [9.17, 15) is 4.79 Å². The zero-order valence-corrected chi connectivity index (χ0v) is 19.5. The van der Waals surface area contributed by atoms with Crippen LogP contribution in [0.4, 0.5) is 0 Å². The molecular formula is C25H31NO3Si. The highest BCUT2D eigenvalue weighted by molar-refractivity contribution is 6.74. The summed E-state index contributed by atoms with van der Waals surface area (Å²) in [7, 11) is -1.92. The molecule has 1 saturated carbocycles. The van der Waals surface area contributed by atoms with Crippen LogP contribution < -0.4 is 9.91 Å². The number of aldehydes is 1. The van der Waals surface area contributed by atoms with Crippen molar-refractivity contribution in [3.05, 3.63) is 72.0 Å². The van der Waals surface area contributed by atoms with E-state index in [1.807, 2.05) is 30.3 Å². The third-order valence-electron chi connectivity index (χ3n) is 7.11. The number of rotatable bonds is 6. The van der Waals surface area contributed by atoms with E-state index in [4.69, 9.17) is 9.26 Å². The van der Waals surface area contributed by atoms with Gasteiger partial charge in [0, 0.05) is 5.57 Å². The van der Waals surface area contributed by atoms with Gasteiger partial charge < -0.3 is 14.1 Å². The van der Waals surface area contributed by atoms with Gasteiger partial charge in [-0.15, -0.1) is 5.48 Å². The minimum atomic E-state index is -1.92. The number of hydrogen-bond acceptors (Lipinski definition) is 4. The van der Waals surface area contributed by atoms with Gasteiger partial charge in [-0.1, -0.05) is 63.2 Å². The molecule has 1 unspecified atom stereocenters. The molecular weight excluding hydrogens is 390 g/mol. The second-order valence-corrected chi connectivity index (χ2v) is 14.8. The number of nitrogens with one attached hydrogen (secondary N) is 1. The van der Waals surface area contributed by atoms with Crippen molar-refractivity contribution in [1.82, 2.24) is 5.48 Å². The predicted octanol–water partition coefficient (Wildman–Crippen LogP) is 5.82. The first-order valence-corrected chi connectivity index (χ1v) is 13.5. The average molecular weight is 422 g/mol. The van der Waals surface area contributed by atoms with Gasteiger partial charge in [-0.05, 0) is 54.2 Å². The lowest BCUT2D eigenvalue weighted by Gasteiger charge is -2.38. The van der Waals surface area contributed by atoms with Gasteiger partial charge in [0.25, 0.3) is 0 Å². The van der Waals surface area contributed by atoms with Crippen molar-refractivity contribution in [2.75, 3.05) is 0 Å². The molecule has 2 aromatic carbocycles. The van der Waals surface area contributed by atoms with Crippen LogP contribution in [0, 0.1) is 5.41 Å². The van der Waals surface area contributed by atoms with E-state index >= 15 is 0 Å². The van der Waals surface area contributed by atoms with Crippen LogP contribution >= 0.6 is 0 Å². The standard InChI is InChI=1S/C25H31NO3Si/c1-23(2,3)30(4,5)29-21-13-11-20(12-14-21)25(24(18-27)15-16-24)22(17-28-26-25)19-9-7-6-8-10-19/h6-14,17-18,26H,15-16H2,1-5H3. The van der Waals surface area contributed by atoms with E-state index in [1.54, 1.807) is 6.26 Å². The topological polar surface area (TPSA) is 47.6 Å². The Morgan fingerprint density at radius 3 is 2.20 bits per heavy atom. The zero-order valence-electron chi connectivity index (χ0n) is 18.5. The number of carbonyl (C=O) groups is 1. The monoisotopic (exact) mass is 421 g/mol. The van der Waals surface area contributed by atoms with Crippen molar-refractivity contribution in [1.29, 1.82) is 0 Å². The van der Waals surface area contributed by atoms with E-state index in [0.717, 1.165) is 41.6 Å². The molecule has 158 valence electrons. The summed E-state index contributed by atoms with van der Waals surface area (Å²) in [6, 6.07) is 18.3. The summed E-state index contributed by atoms with van der Waals surface area (Å²) in [4.78, 5) is 17.9. The molecule has 2 aromatic rings. The van der Waals surface area contributed by atoms with Gasteiger partial charge in [-0.3, -0.25) is 0 Å². The number of hydroxylamine groups is 1. The summed E-state index contributed by atoms with van der Waals surface area (Å²) in [5.74, 6) is 0.876. The molecule has 1 fully saturated rings. The number of hydrogen-bond donors (Lipinski definition) is 1. The van der Waals surface area contributed by atoms with Crippen molar-refractivity contribution >= 4 is 20.2 Å². The highest BCUT2D eigenvalue weighted by atomic mass is 28.4. The molecule has 0 amide bonds. The van der Waals surface area contributed by atoms with Gasteiger partial charge in [-0.25, -0.2) is 0 Å². The fraction of sp³-hybridized carbons (Fsp3) is 0.400. The largest absolute Gasteiger partial charge is 0.544 e. The Kier molecular flexibility index (Phi) is 4.94. The molecule has 1 aliphatic carbocycles. The molecule has 4 rings (SSSR count). The summed E-state index contributed by atoms with van der Waals surface area (Å²) in [5, 5.41) is 0.131. The molecule has 4 nitrogen and oxygen atoms in total. The molecule has 1 N–H and O–H groups in total. The van der Waals surface area contributed by atoms with Gasteiger partial charge in [0.05, 0.1) is 5.41 Å². The van der Waals surface area contributed by atoms with Crippen molar-refractivity contribution in [3.8, 4) is 5.75 Å². The summed E-state index contributed by atoms with van der Waals surface area (Å²) in [6.45, 7) is 11.2. The van der Waals surface area contributed by atoms with Crippen LogP contribution in [0.15, 0.2) is 60.9 Å². The van der Waals surface area contributed by atoms with E-state index in [1.165, 1.54) is 0 Å². The Hall–Kier alpha value is -2.37. The summed E-state index contributed by atoms with van der Waals surface area (Å²) in [6.07, 6.45) is 4.52. The maximum Gasteiger partial charge on any atom is 0.250 e. The summed E-state index contributed by atoms with van der Waals surface area (Å²) >= 11 is 0. The van der Waals surface area contributed by atoms with Crippen LogP contribution in [0.3, 0.4) is 0 Å². The highest BCUT2D eigenvalue weighted by Crippen LogP contribution is 2.63. The molecule has 0 saturated heterocycles. The molecule has 1 aliphatic heterocycles. The summed E-state index contributed by atoms with van der Waals surface area (Å²) in [5.41, 5.74) is 5.08. The van der Waals surface area contributed by atoms with Crippen molar-refractivity contribution in [2.45, 2.75) is 57.3 Å². The van der Waals surface area contributed by atoms with Gasteiger partial charge >= 0.3 is 0 Å². The van der Waals surface area contributed by atoms with E-state index < -0.39 is 19.3 Å². The lowest BCUT2D eigenvalue weighted by Crippen LogP contribution is -2.48. The highest BCUT2D eigenvalue weighted by Gasteiger charge is 2.64. The maximum atomic E-state index is 12.3. The molecule has 0 bridgehead atoms. The van der Waals surface area contributed by atoms with Crippen LogP contribution in [0.5, 0.6) is 5.75 Å². The first-order valence-electron chi connectivity index (χ1n) is 10.6. The Labute approximate surface area is 180 Å². The van der Waals surface area contributed by atoms with Crippen LogP contribution in [0.2, 0.25) is 18.1 Å². The molecule has 0 aromatic heterocycles. The molecule has 1 heterocycles. The van der Waals surface area contributed by atoms with E-state index in [2.05, 4.69) is 63.6 Å². The Morgan fingerprint density at radius 2 is 1.67 bits per heavy atom. The van der Waals surface area contributed by atoms with Crippen molar-refractivity contribution in [3.63, 3.8) is 0 Å². The fourth-order valence-electron chi connectivity index (χ4n) is 4.03. The van der Waals surface area contributed by atoms with E-state index in [-0.39, 0.29) is 5.04 Å². The van der Waals surface area contributed by atoms with Crippen molar-refractivity contribution in [2.24, 2.45) is 5.41 Å². The Bertz CT molecular complexity index is 956. The van der Waals surface area contributed by atoms with Crippen LogP contribution in [0.25, 0.3) is 5.57 Å². The third kappa shape index (κ3) is 3.21. The first kappa shape index (κ1) is 20.9. The van der Waals surface area contributed by atoms with Gasteiger partial charge in [0.2, 0.25) is 8.32 Å². The van der Waals surface area contributed by atoms with Crippen LogP contribution in [0.1, 0.15) is 44.7 Å². The van der Waals surface area contributed by atoms with Gasteiger partial charge in [-0.2, -0.15) is 0 Å². The second-order valence-electron chi connectivity index (χ2n) is 10.0. The fourth-order valence-corrected chi connectivity index (χ4v) is 5.06. The quantitative estimate of drug-likeness (QED) is 0.471. The molecule has 0 radical (unpaired) electrons. The molecule has 5 heteroatoms. The number of carbonyl (C=O) groups excluding carboxylic acids is 1. The van der Waals surface area contributed by atoms with Gasteiger partial charge in [0.1, 0.15) is 23.8 Å². The van der Waals surface area contributed by atoms with Crippen LogP contribution in [-0.2, 0) is 15.2 Å². The van der Waals surface area contributed by atoms with Crippen LogP contribution in [-0.4, -0.2) is 14.6 Å². The number of benzene rings is 2. The Morgan fingerprint density at radius 1 is 1.03 bits per heavy atom. The SMILES string of the molecule is CC(C)(C)[Si](C)(C)Oc1ccc(C2(C3(C=O)CC3)NOC=C2c2ccccc2)cc1. The predicted molar refractivity (Wildman–Crippen MR) is 122 cm³/mol. The second kappa shape index (κ2) is 7.10. The first-order chi connectivity index (χ1) is 14.2. The minimum Gasteiger partial charge on any atom is -0.544 e. The Balaban J connectivity index is 1.74. The molecule has 1 atom stereocenters. The van der Waals surface area contributed by atoms with E-state index in [0.29, 0.717) is 0 Å². The van der Waals surface area contributed by atoms with Crippen molar-refractivity contribution < 1.29 is 14.1 Å². The smallest absolute Gasteiger partial charge is 0.250 e. The maximum absolute atomic E-state index is 12.3. The molecule has 0 spiro atoms. The lowest BCUT2D eigenvalue weighted by atomic mass is 9.70. The molecule has 2 aliphatic rings. The summed E-state index contributed by atoms with van der Waals surface area (Å²) < 4.78 is 6.46. The molecule has 30 heavy (non-hydrogen) atoms.